The summed E-state index contributed by atoms with van der Waals surface area (Å²) in [6, 6.07) is 0. The number of rotatable bonds is 0. The fourth-order valence-electron chi connectivity index (χ4n) is 1.18. The highest BCUT2D eigenvalue weighted by atomic mass is 16.6. The van der Waals surface area contributed by atoms with Crippen LogP contribution in [0.2, 0.25) is 0 Å². The Labute approximate surface area is 52.6 Å². The molecule has 0 atom stereocenters. The largest absolute Gasteiger partial charge is 0.453 e. The molecule has 1 aliphatic carbocycles. The van der Waals surface area contributed by atoms with Crippen LogP contribution < -0.4 is 0 Å². The van der Waals surface area contributed by atoms with Crippen molar-refractivity contribution in [3.8, 4) is 0 Å². The summed E-state index contributed by atoms with van der Waals surface area (Å²) in [6.07, 6.45) is 2.09. The number of ether oxygens (including phenoxy) is 1. The molecule has 0 amide bonds. The summed E-state index contributed by atoms with van der Waals surface area (Å²) < 4.78 is 4.83. The van der Waals surface area contributed by atoms with Crippen LogP contribution in [-0.2, 0) is 4.74 Å². The van der Waals surface area contributed by atoms with E-state index in [2.05, 4.69) is 0 Å². The van der Waals surface area contributed by atoms with E-state index in [9.17, 15) is 0 Å². The summed E-state index contributed by atoms with van der Waals surface area (Å²) in [7, 11) is 0. The first kappa shape index (κ1) is 5.26. The fourth-order valence-corrected chi connectivity index (χ4v) is 1.18. The molecule has 0 aromatic heterocycles. The second-order valence-corrected chi connectivity index (χ2v) is 2.52. The van der Waals surface area contributed by atoms with Crippen molar-refractivity contribution in [2.45, 2.75) is 25.0 Å². The summed E-state index contributed by atoms with van der Waals surface area (Å²) in [6.45, 7) is 0. The zero-order chi connectivity index (χ0) is 6.48. The first-order valence-electron chi connectivity index (χ1n) is 3.06. The molecule has 2 rings (SSSR count). The molecule has 1 aliphatic heterocycles. The van der Waals surface area contributed by atoms with Crippen molar-refractivity contribution >= 4 is 0 Å². The van der Waals surface area contributed by atoms with E-state index >= 15 is 0 Å². The van der Waals surface area contributed by atoms with Gasteiger partial charge in [0.2, 0.25) is 11.5 Å². The lowest BCUT2D eigenvalue weighted by atomic mass is 10.0. The van der Waals surface area contributed by atoms with E-state index < -0.39 is 5.79 Å². The van der Waals surface area contributed by atoms with Gasteiger partial charge >= 0.3 is 0 Å². The van der Waals surface area contributed by atoms with E-state index in [4.69, 9.17) is 14.9 Å². The smallest absolute Gasteiger partial charge is 0.226 e. The summed E-state index contributed by atoms with van der Waals surface area (Å²) in [5, 5.41) is 18.1. The molecule has 0 aromatic carbocycles. The van der Waals surface area contributed by atoms with E-state index in [1.54, 1.807) is 0 Å². The Morgan fingerprint density at radius 3 is 2.78 bits per heavy atom. The molecule has 0 radical (unpaired) electrons. The third-order valence-electron chi connectivity index (χ3n) is 1.73. The van der Waals surface area contributed by atoms with Crippen LogP contribution in [0.25, 0.3) is 0 Å². The van der Waals surface area contributed by atoms with Gasteiger partial charge in [-0.1, -0.05) is 0 Å². The lowest BCUT2D eigenvalue weighted by Gasteiger charge is -2.15. The van der Waals surface area contributed by atoms with E-state index in [-0.39, 0.29) is 0 Å². The average Bonchev–Trinajstić information content (AvgIpc) is 2.43. The van der Waals surface area contributed by atoms with Crippen molar-refractivity contribution in [3.05, 3.63) is 11.5 Å². The number of allylic oxidation sites excluding steroid dienone is 1. The number of hydrogen-bond acceptors (Lipinski definition) is 3. The molecular formula is C6H8O3. The lowest BCUT2D eigenvalue weighted by molar-refractivity contribution is -0.142. The van der Waals surface area contributed by atoms with Crippen LogP contribution in [0.4, 0.5) is 0 Å². The monoisotopic (exact) mass is 128 g/mol. The molecule has 2 N–H and O–H groups in total. The van der Waals surface area contributed by atoms with Crippen molar-refractivity contribution in [1.82, 2.24) is 0 Å². The van der Waals surface area contributed by atoms with E-state index in [1.165, 1.54) is 0 Å². The van der Waals surface area contributed by atoms with Crippen LogP contribution in [0, 0.1) is 0 Å². The average molecular weight is 128 g/mol. The molecule has 3 nitrogen and oxygen atoms in total. The van der Waals surface area contributed by atoms with Gasteiger partial charge in [-0.25, -0.2) is 0 Å². The molecule has 0 saturated heterocycles. The Morgan fingerprint density at radius 1 is 1.44 bits per heavy atom. The highest BCUT2D eigenvalue weighted by Crippen LogP contribution is 2.44. The third-order valence-corrected chi connectivity index (χ3v) is 1.73. The van der Waals surface area contributed by atoms with Crippen molar-refractivity contribution in [2.75, 3.05) is 0 Å². The Balaban J connectivity index is 2.27. The van der Waals surface area contributed by atoms with Gasteiger partial charge in [0.25, 0.3) is 0 Å². The van der Waals surface area contributed by atoms with Crippen LogP contribution in [0.15, 0.2) is 11.5 Å². The quantitative estimate of drug-likeness (QED) is 0.455. The lowest BCUT2D eigenvalue weighted by Crippen LogP contribution is -2.27. The molecule has 0 bridgehead atoms. The standard InChI is InChI=1S/C6H8O3/c7-6(8)3-1-2-4-5(6)9-4/h7-8H,1-3H2. The number of hydrogen-bond donors (Lipinski definition) is 2. The molecule has 2 aliphatic rings. The van der Waals surface area contributed by atoms with Crippen LogP contribution >= 0.6 is 0 Å². The first-order valence-corrected chi connectivity index (χ1v) is 3.06. The van der Waals surface area contributed by atoms with Crippen molar-refractivity contribution in [2.24, 2.45) is 0 Å². The van der Waals surface area contributed by atoms with E-state index in [0.29, 0.717) is 12.2 Å². The van der Waals surface area contributed by atoms with Crippen molar-refractivity contribution in [3.63, 3.8) is 0 Å². The molecule has 0 aromatic rings. The molecule has 9 heavy (non-hydrogen) atoms. The molecule has 3 heteroatoms. The van der Waals surface area contributed by atoms with Crippen LogP contribution in [0.5, 0.6) is 0 Å². The van der Waals surface area contributed by atoms with Gasteiger partial charge in [0, 0.05) is 12.8 Å². The van der Waals surface area contributed by atoms with Gasteiger partial charge in [-0.15, -0.1) is 0 Å². The molecule has 0 fully saturated rings. The SMILES string of the molecule is OC1(O)CCCC2=C1O2. The summed E-state index contributed by atoms with van der Waals surface area (Å²) in [5.74, 6) is -0.451. The molecule has 50 valence electrons. The maximum absolute atomic E-state index is 9.06. The zero-order valence-corrected chi connectivity index (χ0v) is 4.92. The minimum absolute atomic E-state index is 0.397. The Morgan fingerprint density at radius 2 is 2.22 bits per heavy atom. The summed E-state index contributed by atoms with van der Waals surface area (Å²) in [4.78, 5) is 0. The third kappa shape index (κ3) is 0.653. The van der Waals surface area contributed by atoms with Gasteiger partial charge < -0.3 is 14.9 Å². The van der Waals surface area contributed by atoms with Gasteiger partial charge in [0.1, 0.15) is 5.76 Å². The highest BCUT2D eigenvalue weighted by molar-refractivity contribution is 5.26. The second kappa shape index (κ2) is 1.30. The second-order valence-electron chi connectivity index (χ2n) is 2.52. The molecule has 1 heterocycles. The minimum Gasteiger partial charge on any atom is -0.453 e. The zero-order valence-electron chi connectivity index (χ0n) is 4.92. The normalized spacial score (nSPS) is 29.1. The molecule has 0 spiro atoms. The van der Waals surface area contributed by atoms with Crippen LogP contribution in [0.3, 0.4) is 0 Å². The van der Waals surface area contributed by atoms with Crippen molar-refractivity contribution < 1.29 is 14.9 Å². The Hall–Kier alpha value is -0.540. The van der Waals surface area contributed by atoms with Crippen LogP contribution in [-0.4, -0.2) is 16.0 Å². The fraction of sp³-hybridized carbons (Fsp3) is 0.667. The highest BCUT2D eigenvalue weighted by Gasteiger charge is 2.46. The maximum atomic E-state index is 9.06. The van der Waals surface area contributed by atoms with Crippen LogP contribution in [0.1, 0.15) is 19.3 Å². The molecule has 0 unspecified atom stereocenters. The predicted octanol–water partition coefficient (Wildman–Crippen LogP) is 0.0930. The van der Waals surface area contributed by atoms with E-state index in [1.807, 2.05) is 0 Å². The molecule has 0 saturated carbocycles. The van der Waals surface area contributed by atoms with Crippen molar-refractivity contribution in [1.29, 1.82) is 0 Å². The maximum Gasteiger partial charge on any atom is 0.226 e. The van der Waals surface area contributed by atoms with Gasteiger partial charge in [-0.3, -0.25) is 0 Å². The Kier molecular flexibility index (Phi) is 0.761. The number of aliphatic hydroxyl groups is 2. The van der Waals surface area contributed by atoms with Gasteiger partial charge in [0.15, 0.2) is 0 Å². The summed E-state index contributed by atoms with van der Waals surface area (Å²) in [5.41, 5.74) is 0. The molecular weight excluding hydrogens is 120 g/mol. The van der Waals surface area contributed by atoms with E-state index in [0.717, 1.165) is 18.6 Å². The first-order chi connectivity index (χ1) is 4.20. The van der Waals surface area contributed by atoms with Gasteiger partial charge in [-0.05, 0) is 6.42 Å². The Bertz CT molecular complexity index is 181. The summed E-state index contributed by atoms with van der Waals surface area (Å²) >= 11 is 0. The predicted molar refractivity (Wildman–Crippen MR) is 29.1 cm³/mol. The topological polar surface area (TPSA) is 53.0 Å². The van der Waals surface area contributed by atoms with Gasteiger partial charge in [0.05, 0.1) is 0 Å². The minimum atomic E-state index is -1.63. The van der Waals surface area contributed by atoms with Gasteiger partial charge in [-0.2, -0.15) is 0 Å².